The maximum Gasteiger partial charge on any atom is 0.0528 e. The maximum absolute atomic E-state index is 7.98. The van der Waals surface area contributed by atoms with Gasteiger partial charge in [-0.3, -0.25) is 0 Å². The maximum atomic E-state index is 7.98. The van der Waals surface area contributed by atoms with Crippen molar-refractivity contribution in [3.63, 3.8) is 0 Å². The van der Waals surface area contributed by atoms with Crippen molar-refractivity contribution in [1.82, 2.24) is 0 Å². The standard InChI is InChI=1S/C3H7ClO.C2H5BrO/c4-2-1-3-5;3-1-2-4/h5H,1-3H2;4H,1-2H2. The molecule has 0 aromatic heterocycles. The molecule has 2 nitrogen and oxygen atoms in total. The summed E-state index contributed by atoms with van der Waals surface area (Å²) in [5.74, 6) is 0.566. The van der Waals surface area contributed by atoms with Gasteiger partial charge >= 0.3 is 0 Å². The molecular formula is C5H12BrClO2. The molecule has 58 valence electrons. The van der Waals surface area contributed by atoms with Gasteiger partial charge in [0.05, 0.1) is 6.61 Å². The van der Waals surface area contributed by atoms with E-state index >= 15 is 0 Å². The van der Waals surface area contributed by atoms with Crippen LogP contribution in [-0.4, -0.2) is 34.6 Å². The molecule has 0 spiro atoms. The summed E-state index contributed by atoms with van der Waals surface area (Å²) < 4.78 is 0. The molecule has 0 radical (unpaired) electrons. The Hall–Kier alpha value is 0.690. The normalized spacial score (nSPS) is 8.00. The predicted octanol–water partition coefficient (Wildman–Crippen LogP) is 0.981. The molecule has 0 unspecified atom stereocenters. The third-order valence-corrected chi connectivity index (χ3v) is 0.998. The van der Waals surface area contributed by atoms with Crippen molar-refractivity contribution in [1.29, 1.82) is 0 Å². The molecule has 9 heavy (non-hydrogen) atoms. The van der Waals surface area contributed by atoms with Gasteiger partial charge in [0.25, 0.3) is 0 Å². The highest BCUT2D eigenvalue weighted by molar-refractivity contribution is 9.09. The van der Waals surface area contributed by atoms with Gasteiger partial charge in [-0.25, -0.2) is 0 Å². The van der Waals surface area contributed by atoms with Gasteiger partial charge in [0, 0.05) is 17.8 Å². The molecule has 0 rings (SSSR count). The fraction of sp³-hybridized carbons (Fsp3) is 1.00. The number of aliphatic hydroxyl groups excluding tert-OH is 2. The van der Waals surface area contributed by atoms with E-state index in [4.69, 9.17) is 21.8 Å². The second kappa shape index (κ2) is 15.9. The van der Waals surface area contributed by atoms with Crippen molar-refractivity contribution in [2.75, 3.05) is 24.4 Å². The van der Waals surface area contributed by atoms with E-state index in [9.17, 15) is 0 Å². The van der Waals surface area contributed by atoms with Gasteiger partial charge < -0.3 is 10.2 Å². The Morgan fingerprint density at radius 1 is 1.22 bits per heavy atom. The zero-order valence-corrected chi connectivity index (χ0v) is 7.53. The van der Waals surface area contributed by atoms with Gasteiger partial charge in [0.2, 0.25) is 0 Å². The Morgan fingerprint density at radius 3 is 1.67 bits per heavy atom. The summed E-state index contributed by atoms with van der Waals surface area (Å²) >= 11 is 8.14. The molecule has 0 aromatic rings. The number of hydrogen-bond donors (Lipinski definition) is 2. The van der Waals surface area contributed by atoms with Crippen LogP contribution < -0.4 is 0 Å². The Bertz CT molecular complexity index is 34.1. The minimum Gasteiger partial charge on any atom is -0.396 e. The Balaban J connectivity index is 0. The van der Waals surface area contributed by atoms with Gasteiger partial charge in [-0.15, -0.1) is 11.6 Å². The van der Waals surface area contributed by atoms with Gasteiger partial charge in [0.1, 0.15) is 0 Å². The molecule has 0 aliphatic heterocycles. The Labute approximate surface area is 69.0 Å². The quantitative estimate of drug-likeness (QED) is 0.695. The van der Waals surface area contributed by atoms with E-state index in [1.807, 2.05) is 0 Å². The summed E-state index contributed by atoms with van der Waals surface area (Å²) in [6.45, 7) is 0.448. The van der Waals surface area contributed by atoms with Crippen LogP contribution in [0.4, 0.5) is 0 Å². The van der Waals surface area contributed by atoms with Crippen molar-refractivity contribution in [3.05, 3.63) is 0 Å². The molecule has 0 bridgehead atoms. The molecular weight excluding hydrogens is 207 g/mol. The lowest BCUT2D eigenvalue weighted by Gasteiger charge is -1.77. The minimum atomic E-state index is 0.212. The first kappa shape index (κ1) is 12.4. The zero-order chi connectivity index (χ0) is 7.54. The van der Waals surface area contributed by atoms with Crippen LogP contribution in [0.3, 0.4) is 0 Å². The summed E-state index contributed by atoms with van der Waals surface area (Å²) in [6, 6.07) is 0. The fourth-order valence-corrected chi connectivity index (χ4v) is 0.179. The Kier molecular flexibility index (Phi) is 21.8. The summed E-state index contributed by atoms with van der Waals surface area (Å²) in [4.78, 5) is 0. The van der Waals surface area contributed by atoms with Crippen LogP contribution in [0.5, 0.6) is 0 Å². The van der Waals surface area contributed by atoms with Crippen LogP contribution in [0.2, 0.25) is 0 Å². The molecule has 0 saturated carbocycles. The van der Waals surface area contributed by atoms with E-state index in [2.05, 4.69) is 15.9 Å². The van der Waals surface area contributed by atoms with E-state index < -0.39 is 0 Å². The number of aliphatic hydroxyl groups is 2. The van der Waals surface area contributed by atoms with Crippen molar-refractivity contribution in [2.24, 2.45) is 0 Å². The van der Waals surface area contributed by atoms with Crippen LogP contribution in [0.1, 0.15) is 6.42 Å². The molecule has 2 N–H and O–H groups in total. The van der Waals surface area contributed by atoms with E-state index in [-0.39, 0.29) is 13.2 Å². The fourth-order valence-electron chi connectivity index (χ4n) is 0.0598. The van der Waals surface area contributed by atoms with Gasteiger partial charge in [-0.2, -0.15) is 0 Å². The topological polar surface area (TPSA) is 40.5 Å². The average molecular weight is 220 g/mol. The van der Waals surface area contributed by atoms with Crippen LogP contribution in [0, 0.1) is 0 Å². The van der Waals surface area contributed by atoms with Crippen molar-refractivity contribution in [2.45, 2.75) is 6.42 Å². The summed E-state index contributed by atoms with van der Waals surface area (Å²) in [7, 11) is 0. The lowest BCUT2D eigenvalue weighted by molar-refractivity contribution is 0.296. The minimum absolute atomic E-state index is 0.212. The van der Waals surface area contributed by atoms with Gasteiger partial charge in [-0.05, 0) is 6.42 Å². The average Bonchev–Trinajstić information content (AvgIpc) is 1.91. The van der Waals surface area contributed by atoms with Crippen molar-refractivity contribution >= 4 is 27.5 Å². The van der Waals surface area contributed by atoms with Crippen molar-refractivity contribution in [3.8, 4) is 0 Å². The first-order chi connectivity index (χ1) is 4.33. The predicted molar refractivity (Wildman–Crippen MR) is 43.3 cm³/mol. The SMILES string of the molecule is OCCBr.OCCCCl. The highest BCUT2D eigenvalue weighted by atomic mass is 79.9. The largest absolute Gasteiger partial charge is 0.396 e. The van der Waals surface area contributed by atoms with Crippen molar-refractivity contribution < 1.29 is 10.2 Å². The summed E-state index contributed by atoms with van der Waals surface area (Å²) in [6.07, 6.45) is 0.710. The number of rotatable bonds is 3. The third kappa shape index (κ3) is 28.6. The Morgan fingerprint density at radius 2 is 1.67 bits per heavy atom. The first-order valence-electron chi connectivity index (χ1n) is 2.67. The molecule has 0 aliphatic rings. The van der Waals surface area contributed by atoms with Crippen LogP contribution in [0.25, 0.3) is 0 Å². The lowest BCUT2D eigenvalue weighted by atomic mass is 10.5. The molecule has 0 aromatic carbocycles. The number of halogens is 2. The highest BCUT2D eigenvalue weighted by Crippen LogP contribution is 1.77. The smallest absolute Gasteiger partial charge is 0.0528 e. The first-order valence-corrected chi connectivity index (χ1v) is 4.32. The second-order valence-electron chi connectivity index (χ2n) is 1.18. The molecule has 0 heterocycles. The molecule has 0 fully saturated rings. The zero-order valence-electron chi connectivity index (χ0n) is 5.19. The van der Waals surface area contributed by atoms with Gasteiger partial charge in [0.15, 0.2) is 0 Å². The molecule has 4 heteroatoms. The monoisotopic (exact) mass is 218 g/mol. The molecule has 0 aliphatic carbocycles. The highest BCUT2D eigenvalue weighted by Gasteiger charge is 1.71. The summed E-state index contributed by atoms with van der Waals surface area (Å²) in [5, 5.41) is 16.5. The summed E-state index contributed by atoms with van der Waals surface area (Å²) in [5.41, 5.74) is 0. The lowest BCUT2D eigenvalue weighted by Crippen LogP contribution is -1.79. The van der Waals surface area contributed by atoms with E-state index in [1.165, 1.54) is 0 Å². The second-order valence-corrected chi connectivity index (χ2v) is 2.35. The number of hydrogen-bond acceptors (Lipinski definition) is 2. The van der Waals surface area contributed by atoms with Crippen LogP contribution in [0.15, 0.2) is 0 Å². The number of alkyl halides is 2. The van der Waals surface area contributed by atoms with Crippen LogP contribution >= 0.6 is 27.5 Å². The van der Waals surface area contributed by atoms with Crippen LogP contribution in [-0.2, 0) is 0 Å². The van der Waals surface area contributed by atoms with E-state index in [1.54, 1.807) is 0 Å². The molecule has 0 amide bonds. The van der Waals surface area contributed by atoms with E-state index in [0.29, 0.717) is 17.6 Å². The molecule has 0 atom stereocenters. The third-order valence-electron chi connectivity index (χ3n) is 0.376. The van der Waals surface area contributed by atoms with E-state index in [0.717, 1.165) is 0 Å². The molecule has 0 saturated heterocycles. The van der Waals surface area contributed by atoms with Gasteiger partial charge in [-0.1, -0.05) is 15.9 Å².